The van der Waals surface area contributed by atoms with Gasteiger partial charge in [-0.2, -0.15) is 8.42 Å². The van der Waals surface area contributed by atoms with E-state index in [1.807, 2.05) is 6.92 Å². The minimum atomic E-state index is -3.96. The van der Waals surface area contributed by atoms with Crippen LogP contribution < -0.4 is 9.54 Å². The lowest BCUT2D eigenvalue weighted by Gasteiger charge is -2.06. The molecule has 0 N–H and O–H groups in total. The third kappa shape index (κ3) is 4.20. The average Bonchev–Trinajstić information content (AvgIpc) is 3.00. The quantitative estimate of drug-likeness (QED) is 0.561. The highest BCUT2D eigenvalue weighted by molar-refractivity contribution is 7.90. The molecule has 9 heteroatoms. The molecule has 0 aliphatic heterocycles. The van der Waals surface area contributed by atoms with E-state index in [1.54, 1.807) is 28.8 Å². The van der Waals surface area contributed by atoms with Crippen LogP contribution in [-0.2, 0) is 21.3 Å². The van der Waals surface area contributed by atoms with Crippen molar-refractivity contribution in [1.29, 1.82) is 0 Å². The van der Waals surface area contributed by atoms with E-state index >= 15 is 0 Å². The molecule has 2 aromatic carbocycles. The summed E-state index contributed by atoms with van der Waals surface area (Å²) in [5.74, 6) is 0.119. The van der Waals surface area contributed by atoms with Gasteiger partial charge >= 0.3 is 0 Å². The van der Waals surface area contributed by atoms with E-state index in [1.165, 1.54) is 25.3 Å². The number of methoxy groups -OCH3 is 1. The van der Waals surface area contributed by atoms with Gasteiger partial charge in [-0.3, -0.25) is 0 Å². The van der Waals surface area contributed by atoms with Gasteiger partial charge in [-0.1, -0.05) is 17.4 Å². The number of sulfonamides is 1. The van der Waals surface area contributed by atoms with E-state index in [9.17, 15) is 12.8 Å². The van der Waals surface area contributed by atoms with Crippen LogP contribution >= 0.6 is 11.3 Å². The molecule has 1 heterocycles. The van der Waals surface area contributed by atoms with Crippen LogP contribution in [0.25, 0.3) is 10.2 Å². The van der Waals surface area contributed by atoms with E-state index in [0.29, 0.717) is 35.7 Å². The SMILES string of the molecule is CCOCCn1/c(=N/S(=O)(=O)c2ccc(OC)cc2)sc2cccc(F)c21. The lowest BCUT2D eigenvalue weighted by Crippen LogP contribution is -2.20. The summed E-state index contributed by atoms with van der Waals surface area (Å²) in [6, 6.07) is 10.6. The molecule has 1 aromatic heterocycles. The third-order valence-electron chi connectivity index (χ3n) is 3.87. The smallest absolute Gasteiger partial charge is 0.285 e. The Labute approximate surface area is 160 Å². The Hall–Kier alpha value is -2.23. The first-order valence-electron chi connectivity index (χ1n) is 8.27. The first-order chi connectivity index (χ1) is 13.0. The summed E-state index contributed by atoms with van der Waals surface area (Å²) >= 11 is 1.12. The first kappa shape index (κ1) is 19.5. The monoisotopic (exact) mass is 410 g/mol. The zero-order chi connectivity index (χ0) is 19.4. The molecule has 0 saturated carbocycles. The zero-order valence-electron chi connectivity index (χ0n) is 14.9. The molecule has 0 amide bonds. The molecule has 0 unspecified atom stereocenters. The van der Waals surface area contributed by atoms with Crippen LogP contribution in [0.4, 0.5) is 4.39 Å². The van der Waals surface area contributed by atoms with Crippen molar-refractivity contribution in [3.8, 4) is 5.75 Å². The van der Waals surface area contributed by atoms with Crippen molar-refractivity contribution in [2.24, 2.45) is 4.40 Å². The number of para-hydroxylation sites is 1. The molecule has 0 bridgehead atoms. The average molecular weight is 410 g/mol. The van der Waals surface area contributed by atoms with Crippen LogP contribution in [-0.4, -0.2) is 33.3 Å². The third-order valence-corrected chi connectivity index (χ3v) is 6.31. The number of aromatic nitrogens is 1. The van der Waals surface area contributed by atoms with Gasteiger partial charge in [-0.15, -0.1) is 4.40 Å². The minimum Gasteiger partial charge on any atom is -0.497 e. The van der Waals surface area contributed by atoms with E-state index in [-0.39, 0.29) is 9.70 Å². The van der Waals surface area contributed by atoms with Gasteiger partial charge in [0.2, 0.25) is 4.80 Å². The summed E-state index contributed by atoms with van der Waals surface area (Å²) in [5, 5.41) is 0. The highest BCUT2D eigenvalue weighted by Gasteiger charge is 2.16. The zero-order valence-corrected chi connectivity index (χ0v) is 16.5. The molecular weight excluding hydrogens is 391 g/mol. The van der Waals surface area contributed by atoms with Gasteiger partial charge in [0.25, 0.3) is 10.0 Å². The standard InChI is InChI=1S/C18H19FN2O4S2/c1-3-25-12-11-21-17-15(19)5-4-6-16(17)26-18(21)20-27(22,23)14-9-7-13(24-2)8-10-14/h4-10H,3,11-12H2,1-2H3/b20-18-. The maximum atomic E-state index is 14.3. The van der Waals surface area contributed by atoms with Crippen molar-refractivity contribution in [3.63, 3.8) is 0 Å². The van der Waals surface area contributed by atoms with Gasteiger partial charge in [0.15, 0.2) is 0 Å². The van der Waals surface area contributed by atoms with Gasteiger partial charge in [0.1, 0.15) is 11.6 Å². The number of rotatable bonds is 7. The Bertz CT molecular complexity index is 1100. The first-order valence-corrected chi connectivity index (χ1v) is 10.5. The van der Waals surface area contributed by atoms with Gasteiger partial charge in [0.05, 0.1) is 28.8 Å². The fourth-order valence-corrected chi connectivity index (χ4v) is 4.84. The van der Waals surface area contributed by atoms with E-state index in [2.05, 4.69) is 4.40 Å². The number of hydrogen-bond donors (Lipinski definition) is 0. The highest BCUT2D eigenvalue weighted by Crippen LogP contribution is 2.22. The van der Waals surface area contributed by atoms with Gasteiger partial charge in [0, 0.05) is 13.2 Å². The Morgan fingerprint density at radius 1 is 1.19 bits per heavy atom. The molecule has 0 fully saturated rings. The van der Waals surface area contributed by atoms with Crippen LogP contribution in [0.5, 0.6) is 5.75 Å². The molecular formula is C18H19FN2O4S2. The molecule has 0 aliphatic carbocycles. The molecule has 27 heavy (non-hydrogen) atoms. The Balaban J connectivity index is 2.13. The molecule has 0 atom stereocenters. The van der Waals surface area contributed by atoms with Gasteiger partial charge in [-0.05, 0) is 43.3 Å². The Morgan fingerprint density at radius 3 is 2.59 bits per heavy atom. The van der Waals surface area contributed by atoms with Gasteiger partial charge < -0.3 is 14.0 Å². The largest absolute Gasteiger partial charge is 0.497 e. The predicted molar refractivity (Wildman–Crippen MR) is 102 cm³/mol. The van der Waals surface area contributed by atoms with Crippen LogP contribution in [0, 0.1) is 5.82 Å². The molecule has 0 spiro atoms. The fourth-order valence-electron chi connectivity index (χ4n) is 2.57. The van der Waals surface area contributed by atoms with Crippen molar-refractivity contribution >= 4 is 31.6 Å². The lowest BCUT2D eigenvalue weighted by atomic mass is 10.3. The lowest BCUT2D eigenvalue weighted by molar-refractivity contribution is 0.139. The molecule has 0 radical (unpaired) electrons. The van der Waals surface area contributed by atoms with Crippen molar-refractivity contribution in [2.75, 3.05) is 20.3 Å². The molecule has 6 nitrogen and oxygen atoms in total. The molecule has 3 aromatic rings. The number of fused-ring (bicyclic) bond motifs is 1. The minimum absolute atomic E-state index is 0.0394. The molecule has 0 saturated heterocycles. The van der Waals surface area contributed by atoms with Crippen molar-refractivity contribution in [2.45, 2.75) is 18.4 Å². The second-order valence-electron chi connectivity index (χ2n) is 5.56. The summed E-state index contributed by atoms with van der Waals surface area (Å²) in [4.78, 5) is 0.239. The van der Waals surface area contributed by atoms with Gasteiger partial charge in [-0.25, -0.2) is 4.39 Å². The maximum Gasteiger partial charge on any atom is 0.285 e. The predicted octanol–water partition coefficient (Wildman–Crippen LogP) is 3.18. The normalized spacial score (nSPS) is 12.6. The van der Waals surface area contributed by atoms with Crippen molar-refractivity contribution in [1.82, 2.24) is 4.57 Å². The summed E-state index contributed by atoms with van der Waals surface area (Å²) in [5.41, 5.74) is 0.325. The molecule has 0 aliphatic rings. The summed E-state index contributed by atoms with van der Waals surface area (Å²) in [6.07, 6.45) is 0. The summed E-state index contributed by atoms with van der Waals surface area (Å²) in [6.45, 7) is 3.00. The molecule has 3 rings (SSSR count). The Kier molecular flexibility index (Phi) is 5.93. The maximum absolute atomic E-state index is 14.3. The van der Waals surface area contributed by atoms with Crippen LogP contribution in [0.2, 0.25) is 0 Å². The van der Waals surface area contributed by atoms with Crippen molar-refractivity contribution < 1.29 is 22.3 Å². The van der Waals surface area contributed by atoms with Crippen LogP contribution in [0.3, 0.4) is 0 Å². The summed E-state index contributed by atoms with van der Waals surface area (Å²) < 4.78 is 56.3. The van der Waals surface area contributed by atoms with Crippen LogP contribution in [0.1, 0.15) is 6.92 Å². The number of benzene rings is 2. The van der Waals surface area contributed by atoms with E-state index in [4.69, 9.17) is 9.47 Å². The fraction of sp³-hybridized carbons (Fsp3) is 0.278. The number of ether oxygens (including phenoxy) is 2. The Morgan fingerprint density at radius 2 is 1.93 bits per heavy atom. The molecule has 144 valence electrons. The number of hydrogen-bond acceptors (Lipinski definition) is 5. The number of nitrogens with zero attached hydrogens (tertiary/aromatic N) is 2. The topological polar surface area (TPSA) is 69.9 Å². The second-order valence-corrected chi connectivity index (χ2v) is 8.17. The van der Waals surface area contributed by atoms with Crippen LogP contribution in [0.15, 0.2) is 51.8 Å². The summed E-state index contributed by atoms with van der Waals surface area (Å²) in [7, 11) is -2.46. The van der Waals surface area contributed by atoms with E-state index in [0.717, 1.165) is 11.3 Å². The highest BCUT2D eigenvalue weighted by atomic mass is 32.2. The van der Waals surface area contributed by atoms with Crippen molar-refractivity contribution in [3.05, 3.63) is 53.1 Å². The number of halogens is 1. The van der Waals surface area contributed by atoms with E-state index < -0.39 is 15.8 Å². The second kappa shape index (κ2) is 8.20. The number of thiazole rings is 1.